The molecule has 1 aromatic rings. The number of nitrogens with zero attached hydrogens (tertiary/aromatic N) is 1. The summed E-state index contributed by atoms with van der Waals surface area (Å²) in [5.74, 6) is 0.730. The summed E-state index contributed by atoms with van der Waals surface area (Å²) >= 11 is 1.67. The highest BCUT2D eigenvalue weighted by molar-refractivity contribution is 7.98. The molecule has 2 saturated carbocycles. The predicted octanol–water partition coefficient (Wildman–Crippen LogP) is 7.04. The van der Waals surface area contributed by atoms with Gasteiger partial charge in [0.1, 0.15) is 0 Å². The molecule has 0 spiro atoms. The molecule has 0 aliphatic heterocycles. The maximum absolute atomic E-state index is 14.2. The van der Waals surface area contributed by atoms with Crippen LogP contribution in [0.5, 0.6) is 0 Å². The van der Waals surface area contributed by atoms with E-state index in [1.807, 2.05) is 18.2 Å². The predicted molar refractivity (Wildman–Crippen MR) is 134 cm³/mol. The van der Waals surface area contributed by atoms with Crippen LogP contribution in [0.4, 0.5) is 0 Å². The number of hydrogen-bond donors (Lipinski definition) is 1. The van der Waals surface area contributed by atoms with Crippen LogP contribution in [-0.4, -0.2) is 35.7 Å². The Morgan fingerprint density at radius 3 is 2.39 bits per heavy atom. The lowest BCUT2D eigenvalue weighted by Crippen LogP contribution is -2.54. The number of carbonyl (C=O) groups is 1. The molecule has 1 N–H and O–H groups in total. The third-order valence-electron chi connectivity index (χ3n) is 7.18. The van der Waals surface area contributed by atoms with Crippen molar-refractivity contribution in [1.82, 2.24) is 10.2 Å². The molecule has 2 aliphatic rings. The Balaban J connectivity index is 1.97. The molecule has 3 rings (SSSR count). The van der Waals surface area contributed by atoms with Crippen LogP contribution in [0, 0.1) is 5.92 Å². The van der Waals surface area contributed by atoms with Gasteiger partial charge >= 0.3 is 0 Å². The average molecular weight is 443 g/mol. The lowest BCUT2D eigenvalue weighted by molar-refractivity contribution is 0.0418. The van der Waals surface area contributed by atoms with Crippen molar-refractivity contribution in [3.8, 4) is 0 Å². The van der Waals surface area contributed by atoms with E-state index in [0.717, 1.165) is 42.0 Å². The molecule has 1 atom stereocenters. The zero-order valence-electron chi connectivity index (χ0n) is 19.7. The van der Waals surface area contributed by atoms with Crippen LogP contribution < -0.4 is 5.32 Å². The zero-order chi connectivity index (χ0) is 22.1. The number of benzene rings is 1. The van der Waals surface area contributed by atoms with E-state index >= 15 is 0 Å². The fourth-order valence-electron chi connectivity index (χ4n) is 5.50. The Morgan fingerprint density at radius 2 is 1.74 bits per heavy atom. The summed E-state index contributed by atoms with van der Waals surface area (Å²) in [5, 5.41) is 3.64. The monoisotopic (exact) mass is 442 g/mol. The summed E-state index contributed by atoms with van der Waals surface area (Å²) in [5.41, 5.74) is 1.93. The smallest absolute Gasteiger partial charge is 0.255 e. The molecule has 1 unspecified atom stereocenters. The van der Waals surface area contributed by atoms with Gasteiger partial charge in [0.05, 0.1) is 11.6 Å². The molecular formula is C27H42N2OS. The number of nitrogens with one attached hydrogen (secondary N) is 1. The number of hydrogen-bond acceptors (Lipinski definition) is 3. The van der Waals surface area contributed by atoms with Crippen molar-refractivity contribution in [3.05, 3.63) is 42.1 Å². The van der Waals surface area contributed by atoms with E-state index in [4.69, 9.17) is 0 Å². The molecule has 2 aliphatic carbocycles. The van der Waals surface area contributed by atoms with Crippen LogP contribution in [0.2, 0.25) is 0 Å². The first kappa shape index (κ1) is 24.2. The molecule has 2 fully saturated rings. The van der Waals surface area contributed by atoms with E-state index in [0.29, 0.717) is 12.0 Å². The summed E-state index contributed by atoms with van der Waals surface area (Å²) < 4.78 is 0. The second-order valence-electron chi connectivity index (χ2n) is 9.35. The van der Waals surface area contributed by atoms with Crippen LogP contribution in [0.3, 0.4) is 0 Å². The highest BCUT2D eigenvalue weighted by atomic mass is 32.2. The minimum absolute atomic E-state index is 0.0997. The minimum Gasteiger partial charge on any atom is -0.387 e. The topological polar surface area (TPSA) is 32.3 Å². The van der Waals surface area contributed by atoms with Gasteiger partial charge in [0.15, 0.2) is 0 Å². The van der Waals surface area contributed by atoms with Crippen LogP contribution in [0.15, 0.2) is 41.4 Å². The van der Waals surface area contributed by atoms with Crippen molar-refractivity contribution >= 4 is 17.7 Å². The van der Waals surface area contributed by atoms with E-state index in [2.05, 4.69) is 36.0 Å². The third kappa shape index (κ3) is 6.31. The van der Waals surface area contributed by atoms with E-state index < -0.39 is 0 Å². The van der Waals surface area contributed by atoms with Gasteiger partial charge in [-0.1, -0.05) is 70.6 Å². The first-order chi connectivity index (χ1) is 15.2. The molecule has 4 heteroatoms. The Labute approximate surface area is 194 Å². The lowest BCUT2D eigenvalue weighted by atomic mass is 9.80. The van der Waals surface area contributed by atoms with Gasteiger partial charge in [-0.25, -0.2) is 0 Å². The van der Waals surface area contributed by atoms with Gasteiger partial charge in [-0.2, -0.15) is 0 Å². The number of thioether (sulfide) groups is 1. The van der Waals surface area contributed by atoms with Crippen molar-refractivity contribution in [2.75, 3.05) is 12.8 Å². The molecule has 0 saturated heterocycles. The number of rotatable bonds is 10. The van der Waals surface area contributed by atoms with E-state index in [1.54, 1.807) is 11.8 Å². The summed E-state index contributed by atoms with van der Waals surface area (Å²) in [6.45, 7) is 7.70. The summed E-state index contributed by atoms with van der Waals surface area (Å²) in [6, 6.07) is 8.58. The van der Waals surface area contributed by atoms with Crippen LogP contribution >= 0.6 is 11.8 Å². The van der Waals surface area contributed by atoms with Gasteiger partial charge in [0, 0.05) is 23.2 Å². The molecule has 172 valence electrons. The van der Waals surface area contributed by atoms with Crippen molar-refractivity contribution < 1.29 is 4.79 Å². The van der Waals surface area contributed by atoms with Gasteiger partial charge in [-0.05, 0) is 56.4 Å². The molecule has 31 heavy (non-hydrogen) atoms. The van der Waals surface area contributed by atoms with Gasteiger partial charge in [-0.15, -0.1) is 11.8 Å². The van der Waals surface area contributed by atoms with E-state index in [-0.39, 0.29) is 11.9 Å². The molecular weight excluding hydrogens is 400 g/mol. The Morgan fingerprint density at radius 1 is 1.10 bits per heavy atom. The Hall–Kier alpha value is -1.42. The van der Waals surface area contributed by atoms with Crippen molar-refractivity contribution in [3.63, 3.8) is 0 Å². The number of amides is 1. The Bertz CT molecular complexity index is 707. The highest BCUT2D eigenvalue weighted by Gasteiger charge is 2.39. The quantitative estimate of drug-likeness (QED) is 0.312. The average Bonchev–Trinajstić information content (AvgIpc) is 2.83. The fourth-order valence-corrected chi connectivity index (χ4v) is 6.09. The maximum Gasteiger partial charge on any atom is 0.255 e. The van der Waals surface area contributed by atoms with Crippen molar-refractivity contribution in [2.45, 2.75) is 101 Å². The molecule has 0 radical (unpaired) electrons. The van der Waals surface area contributed by atoms with Gasteiger partial charge in [-0.3, -0.25) is 4.79 Å². The molecule has 1 aromatic carbocycles. The number of unbranched alkanes of at least 4 members (excludes halogenated alkanes) is 1. The second-order valence-corrected chi connectivity index (χ2v) is 10.2. The highest BCUT2D eigenvalue weighted by Crippen LogP contribution is 2.37. The summed E-state index contributed by atoms with van der Waals surface area (Å²) in [6.07, 6.45) is 16.7. The summed E-state index contributed by atoms with van der Waals surface area (Å²) in [4.78, 5) is 17.6. The van der Waals surface area contributed by atoms with Gasteiger partial charge in [0.25, 0.3) is 5.91 Å². The standard InChI is InChI=1S/C27H42N2OS/c1-4-5-20-28-21(2)26(22-14-8-6-9-15-22)29(23-16-10-7-11-17-23)27(30)24-18-12-13-19-25(24)31-3/h12-13,18-19,22-23,26,28H,2,4-11,14-17,20H2,1,3H3. The molecule has 1 amide bonds. The largest absolute Gasteiger partial charge is 0.387 e. The molecule has 0 aromatic heterocycles. The lowest BCUT2D eigenvalue weighted by Gasteiger charge is -2.45. The van der Waals surface area contributed by atoms with Crippen LogP contribution in [0.25, 0.3) is 0 Å². The van der Waals surface area contributed by atoms with Crippen molar-refractivity contribution in [1.29, 1.82) is 0 Å². The Kier molecular flexibility index (Phi) is 9.83. The minimum atomic E-state index is 0.0997. The zero-order valence-corrected chi connectivity index (χ0v) is 20.5. The van der Waals surface area contributed by atoms with Crippen LogP contribution in [0.1, 0.15) is 94.3 Å². The van der Waals surface area contributed by atoms with Gasteiger partial charge < -0.3 is 10.2 Å². The van der Waals surface area contributed by atoms with Gasteiger partial charge in [0.2, 0.25) is 0 Å². The van der Waals surface area contributed by atoms with E-state index in [1.165, 1.54) is 57.8 Å². The van der Waals surface area contributed by atoms with Crippen LogP contribution in [-0.2, 0) is 0 Å². The fraction of sp³-hybridized carbons (Fsp3) is 0.667. The maximum atomic E-state index is 14.2. The molecule has 0 heterocycles. The third-order valence-corrected chi connectivity index (χ3v) is 7.97. The SMILES string of the molecule is C=C(NCCCC)C(C1CCCCC1)N(C(=O)c1ccccc1SC)C1CCCCC1. The first-order valence-corrected chi connectivity index (χ1v) is 13.8. The number of carbonyl (C=O) groups excluding carboxylic acids is 1. The van der Waals surface area contributed by atoms with E-state index in [9.17, 15) is 4.79 Å². The van der Waals surface area contributed by atoms with Crippen molar-refractivity contribution in [2.24, 2.45) is 5.92 Å². The second kappa shape index (κ2) is 12.6. The first-order valence-electron chi connectivity index (χ1n) is 12.6. The molecule has 0 bridgehead atoms. The summed E-state index contributed by atoms with van der Waals surface area (Å²) in [7, 11) is 0. The normalized spacial score (nSPS) is 19.0. The molecule has 3 nitrogen and oxygen atoms in total.